The highest BCUT2D eigenvalue weighted by molar-refractivity contribution is 5.95. The molecule has 2 rings (SSSR count). The predicted octanol–water partition coefficient (Wildman–Crippen LogP) is 2.63. The summed E-state index contributed by atoms with van der Waals surface area (Å²) >= 11 is 0. The van der Waals surface area contributed by atoms with Gasteiger partial charge in [0.05, 0.1) is 6.54 Å². The van der Waals surface area contributed by atoms with E-state index in [9.17, 15) is 22.8 Å². The Hall–Kier alpha value is -3.03. The molecule has 0 saturated heterocycles. The molecule has 0 aliphatic rings. The molecule has 0 spiro atoms. The van der Waals surface area contributed by atoms with Crippen LogP contribution in [-0.2, 0) is 9.59 Å². The third-order valence-corrected chi connectivity index (χ3v) is 3.12. The lowest BCUT2D eigenvalue weighted by Gasteiger charge is -2.14. The first kappa shape index (κ1) is 18.3. The maximum atomic E-state index is 13.0. The maximum Gasteiger partial charge on any atom is 0.261 e. The van der Waals surface area contributed by atoms with E-state index in [1.54, 1.807) is 0 Å². The van der Waals surface area contributed by atoms with Crippen molar-refractivity contribution in [1.29, 1.82) is 0 Å². The summed E-state index contributed by atoms with van der Waals surface area (Å²) in [6.45, 7) is 1.08. The number of benzene rings is 2. The SMILES string of the molecule is C[C@H](Oc1ccc(F)cc1)C(=O)NCC(=O)Nc1ccc(F)c(F)c1. The third-order valence-electron chi connectivity index (χ3n) is 3.12. The van der Waals surface area contributed by atoms with Crippen molar-refractivity contribution in [3.8, 4) is 5.75 Å². The molecule has 0 aliphatic heterocycles. The van der Waals surface area contributed by atoms with E-state index in [0.717, 1.165) is 12.1 Å². The second-order valence-corrected chi connectivity index (χ2v) is 5.11. The van der Waals surface area contributed by atoms with E-state index in [1.165, 1.54) is 37.3 Å². The van der Waals surface area contributed by atoms with Gasteiger partial charge in [0.1, 0.15) is 11.6 Å². The summed E-state index contributed by atoms with van der Waals surface area (Å²) in [5.74, 6) is -3.44. The Morgan fingerprint density at radius 3 is 2.36 bits per heavy atom. The molecule has 2 aromatic carbocycles. The molecule has 0 aliphatic carbocycles. The largest absolute Gasteiger partial charge is 0.481 e. The molecule has 0 bridgehead atoms. The van der Waals surface area contributed by atoms with E-state index >= 15 is 0 Å². The summed E-state index contributed by atoms with van der Waals surface area (Å²) in [4.78, 5) is 23.6. The van der Waals surface area contributed by atoms with Crippen LogP contribution >= 0.6 is 0 Å². The lowest BCUT2D eigenvalue weighted by Crippen LogP contribution is -2.40. The molecule has 25 heavy (non-hydrogen) atoms. The van der Waals surface area contributed by atoms with E-state index in [2.05, 4.69) is 10.6 Å². The van der Waals surface area contributed by atoms with Gasteiger partial charge in [-0.25, -0.2) is 13.2 Å². The molecule has 0 unspecified atom stereocenters. The summed E-state index contributed by atoms with van der Waals surface area (Å²) in [5, 5.41) is 4.66. The van der Waals surface area contributed by atoms with E-state index in [1.807, 2.05) is 0 Å². The lowest BCUT2D eigenvalue weighted by molar-refractivity contribution is -0.129. The Kier molecular flexibility index (Phi) is 5.99. The zero-order valence-corrected chi connectivity index (χ0v) is 13.2. The van der Waals surface area contributed by atoms with Gasteiger partial charge in [-0.1, -0.05) is 0 Å². The van der Waals surface area contributed by atoms with Crippen LogP contribution in [0.1, 0.15) is 6.92 Å². The minimum atomic E-state index is -1.09. The van der Waals surface area contributed by atoms with Crippen LogP contribution in [0.2, 0.25) is 0 Å². The van der Waals surface area contributed by atoms with Gasteiger partial charge in [0.15, 0.2) is 17.7 Å². The number of carbonyl (C=O) groups is 2. The van der Waals surface area contributed by atoms with Crippen LogP contribution in [-0.4, -0.2) is 24.5 Å². The molecular weight excluding hydrogens is 337 g/mol. The van der Waals surface area contributed by atoms with Crippen LogP contribution in [0.5, 0.6) is 5.75 Å². The number of amides is 2. The zero-order chi connectivity index (χ0) is 18.4. The summed E-state index contributed by atoms with van der Waals surface area (Å²) in [5.41, 5.74) is 0.0637. The smallest absolute Gasteiger partial charge is 0.261 e. The lowest BCUT2D eigenvalue weighted by atomic mass is 10.3. The molecule has 0 radical (unpaired) electrons. The van der Waals surface area contributed by atoms with Crippen molar-refractivity contribution in [2.75, 3.05) is 11.9 Å². The molecule has 1 atom stereocenters. The predicted molar refractivity (Wildman–Crippen MR) is 84.5 cm³/mol. The van der Waals surface area contributed by atoms with Crippen LogP contribution in [0, 0.1) is 17.5 Å². The number of nitrogens with one attached hydrogen (secondary N) is 2. The first-order valence-corrected chi connectivity index (χ1v) is 7.30. The maximum absolute atomic E-state index is 13.0. The summed E-state index contributed by atoms with van der Waals surface area (Å²) < 4.78 is 43.9. The summed E-state index contributed by atoms with van der Waals surface area (Å²) in [7, 11) is 0. The topological polar surface area (TPSA) is 67.4 Å². The fraction of sp³-hybridized carbons (Fsp3) is 0.176. The molecule has 5 nitrogen and oxygen atoms in total. The second-order valence-electron chi connectivity index (χ2n) is 5.11. The van der Waals surface area contributed by atoms with Gasteiger partial charge in [-0.2, -0.15) is 0 Å². The summed E-state index contributed by atoms with van der Waals surface area (Å²) in [6, 6.07) is 8.02. The molecule has 0 heterocycles. The van der Waals surface area contributed by atoms with Gasteiger partial charge >= 0.3 is 0 Å². The van der Waals surface area contributed by atoms with Crippen molar-refractivity contribution in [3.63, 3.8) is 0 Å². The Bertz CT molecular complexity index is 766. The van der Waals surface area contributed by atoms with Gasteiger partial charge in [0.25, 0.3) is 5.91 Å². The molecule has 2 aromatic rings. The van der Waals surface area contributed by atoms with Crippen molar-refractivity contribution in [2.24, 2.45) is 0 Å². The first-order valence-electron chi connectivity index (χ1n) is 7.30. The molecule has 132 valence electrons. The van der Waals surface area contributed by atoms with Crippen molar-refractivity contribution >= 4 is 17.5 Å². The number of ether oxygens (including phenoxy) is 1. The van der Waals surface area contributed by atoms with E-state index < -0.39 is 35.4 Å². The minimum absolute atomic E-state index is 0.0637. The van der Waals surface area contributed by atoms with Gasteiger partial charge in [0, 0.05) is 11.8 Å². The highest BCUT2D eigenvalue weighted by atomic mass is 19.2. The van der Waals surface area contributed by atoms with Crippen molar-refractivity contribution in [1.82, 2.24) is 5.32 Å². The number of carbonyl (C=O) groups excluding carboxylic acids is 2. The zero-order valence-electron chi connectivity index (χ0n) is 13.2. The molecule has 8 heteroatoms. The molecule has 2 N–H and O–H groups in total. The summed E-state index contributed by atoms with van der Waals surface area (Å²) in [6.07, 6.45) is -0.915. The van der Waals surface area contributed by atoms with Gasteiger partial charge < -0.3 is 15.4 Å². The number of rotatable bonds is 6. The van der Waals surface area contributed by atoms with E-state index in [-0.39, 0.29) is 12.2 Å². The van der Waals surface area contributed by atoms with E-state index in [0.29, 0.717) is 5.75 Å². The van der Waals surface area contributed by atoms with Crippen LogP contribution < -0.4 is 15.4 Å². The Labute approximate surface area is 141 Å². The van der Waals surface area contributed by atoms with Crippen LogP contribution in [0.25, 0.3) is 0 Å². The normalized spacial score (nSPS) is 11.5. The van der Waals surface area contributed by atoms with Crippen molar-refractivity contribution in [3.05, 3.63) is 59.9 Å². The third kappa shape index (κ3) is 5.52. The average Bonchev–Trinajstić information content (AvgIpc) is 2.58. The quantitative estimate of drug-likeness (QED) is 0.840. The highest BCUT2D eigenvalue weighted by Gasteiger charge is 2.16. The number of hydrogen-bond donors (Lipinski definition) is 2. The molecule has 2 amide bonds. The number of anilines is 1. The van der Waals surface area contributed by atoms with Gasteiger partial charge in [0.2, 0.25) is 5.91 Å². The second kappa shape index (κ2) is 8.18. The molecular formula is C17H15F3N2O3. The Morgan fingerprint density at radius 2 is 1.72 bits per heavy atom. The minimum Gasteiger partial charge on any atom is -0.481 e. The van der Waals surface area contributed by atoms with Crippen LogP contribution in [0.15, 0.2) is 42.5 Å². The molecule has 0 aromatic heterocycles. The van der Waals surface area contributed by atoms with Crippen molar-refractivity contribution < 1.29 is 27.5 Å². The van der Waals surface area contributed by atoms with Gasteiger partial charge in [-0.05, 0) is 43.3 Å². The van der Waals surface area contributed by atoms with Crippen LogP contribution in [0.3, 0.4) is 0 Å². The van der Waals surface area contributed by atoms with Crippen molar-refractivity contribution in [2.45, 2.75) is 13.0 Å². The fourth-order valence-electron chi connectivity index (χ4n) is 1.86. The highest BCUT2D eigenvalue weighted by Crippen LogP contribution is 2.14. The van der Waals surface area contributed by atoms with Gasteiger partial charge in [-0.3, -0.25) is 9.59 Å². The molecule has 0 fully saturated rings. The fourth-order valence-corrected chi connectivity index (χ4v) is 1.86. The van der Waals surface area contributed by atoms with Gasteiger partial charge in [-0.15, -0.1) is 0 Å². The monoisotopic (exact) mass is 352 g/mol. The number of halogens is 3. The Morgan fingerprint density at radius 1 is 1.04 bits per heavy atom. The number of hydrogen-bond acceptors (Lipinski definition) is 3. The average molecular weight is 352 g/mol. The standard InChI is InChI=1S/C17H15F3N2O3/c1-10(25-13-5-2-11(18)3-6-13)17(24)21-9-16(23)22-12-4-7-14(19)15(20)8-12/h2-8,10H,9H2,1H3,(H,21,24)(H,22,23)/t10-/m0/s1. The molecule has 0 saturated carbocycles. The van der Waals surface area contributed by atoms with E-state index in [4.69, 9.17) is 4.74 Å². The Balaban J connectivity index is 1.80. The first-order chi connectivity index (χ1) is 11.8. The van der Waals surface area contributed by atoms with Crippen LogP contribution in [0.4, 0.5) is 18.9 Å².